The molecule has 1 aliphatic heterocycles. The van der Waals surface area contributed by atoms with Gasteiger partial charge in [0.15, 0.2) is 0 Å². The molecule has 0 N–H and O–H groups in total. The van der Waals surface area contributed by atoms with Gasteiger partial charge in [0.2, 0.25) is 11.8 Å². The molecule has 6 heteroatoms. The molecular weight excluding hydrogens is 345 g/mol. The first-order valence-corrected chi connectivity index (χ1v) is 9.41. The summed E-state index contributed by atoms with van der Waals surface area (Å²) in [4.78, 5) is 28.8. The van der Waals surface area contributed by atoms with Crippen molar-refractivity contribution in [2.75, 3.05) is 13.1 Å². The number of aromatic nitrogens is 1. The molecule has 0 spiro atoms. The van der Waals surface area contributed by atoms with Crippen molar-refractivity contribution in [1.29, 1.82) is 0 Å². The molecule has 2 aromatic rings. The van der Waals surface area contributed by atoms with Gasteiger partial charge in [0.25, 0.3) is 0 Å². The van der Waals surface area contributed by atoms with Gasteiger partial charge in [0.05, 0.1) is 6.04 Å². The molecule has 1 aromatic carbocycles. The van der Waals surface area contributed by atoms with Crippen LogP contribution in [0.1, 0.15) is 44.5 Å². The van der Waals surface area contributed by atoms with E-state index < -0.39 is 0 Å². The molecule has 0 bridgehead atoms. The van der Waals surface area contributed by atoms with Crippen molar-refractivity contribution in [3.63, 3.8) is 0 Å². The molecule has 0 aliphatic carbocycles. The summed E-state index contributed by atoms with van der Waals surface area (Å²) >= 11 is 0. The summed E-state index contributed by atoms with van der Waals surface area (Å²) in [6, 6.07) is 9.88. The predicted octanol–water partition coefficient (Wildman–Crippen LogP) is 3.21. The van der Waals surface area contributed by atoms with Crippen molar-refractivity contribution in [2.45, 2.75) is 45.8 Å². The molecule has 27 heavy (non-hydrogen) atoms. The fraction of sp³-hybridized carbons (Fsp3) is 0.429. The number of amides is 2. The zero-order valence-corrected chi connectivity index (χ0v) is 16.1. The molecule has 1 aliphatic rings. The molecule has 0 radical (unpaired) electrons. The minimum absolute atomic E-state index is 0.0386. The Morgan fingerprint density at radius 1 is 1.22 bits per heavy atom. The summed E-state index contributed by atoms with van der Waals surface area (Å²) in [7, 11) is 0. The monoisotopic (exact) mass is 371 g/mol. The van der Waals surface area contributed by atoms with Gasteiger partial charge in [0.1, 0.15) is 12.4 Å². The molecule has 5 nitrogen and oxygen atoms in total. The van der Waals surface area contributed by atoms with Crippen molar-refractivity contribution >= 4 is 11.8 Å². The molecule has 2 heterocycles. The highest BCUT2D eigenvalue weighted by Crippen LogP contribution is 2.33. The molecule has 2 amide bonds. The number of halogens is 1. The Morgan fingerprint density at radius 2 is 2.00 bits per heavy atom. The van der Waals surface area contributed by atoms with E-state index in [0.717, 1.165) is 11.3 Å². The molecule has 0 saturated carbocycles. The maximum absolute atomic E-state index is 13.9. The second kappa shape index (κ2) is 7.94. The van der Waals surface area contributed by atoms with Gasteiger partial charge in [-0.1, -0.05) is 19.1 Å². The number of fused-ring (bicyclic) bond motifs is 1. The molecule has 0 saturated heterocycles. The van der Waals surface area contributed by atoms with E-state index in [-0.39, 0.29) is 36.3 Å². The van der Waals surface area contributed by atoms with Crippen LogP contribution in [0.3, 0.4) is 0 Å². The van der Waals surface area contributed by atoms with Crippen LogP contribution in [0.4, 0.5) is 4.39 Å². The van der Waals surface area contributed by atoms with Crippen LogP contribution >= 0.6 is 0 Å². The van der Waals surface area contributed by atoms with Gasteiger partial charge in [0, 0.05) is 37.4 Å². The third-order valence-electron chi connectivity index (χ3n) is 5.07. The van der Waals surface area contributed by atoms with Crippen molar-refractivity contribution < 1.29 is 14.0 Å². The van der Waals surface area contributed by atoms with E-state index in [1.165, 1.54) is 12.1 Å². The van der Waals surface area contributed by atoms with Crippen LogP contribution in [0.25, 0.3) is 0 Å². The van der Waals surface area contributed by atoms with E-state index in [2.05, 4.69) is 4.57 Å². The summed E-state index contributed by atoms with van der Waals surface area (Å²) < 4.78 is 16.0. The molecule has 1 aromatic heterocycles. The maximum Gasteiger partial charge on any atom is 0.243 e. The average molecular weight is 371 g/mol. The second-order valence-electron chi connectivity index (χ2n) is 7.14. The SMILES string of the molecule is CCC(=O)N(CC(=O)N1CCn2cccc2C1c1cccc(F)c1)C(C)C. The molecule has 1 unspecified atom stereocenters. The first kappa shape index (κ1) is 19.1. The van der Waals surface area contributed by atoms with Gasteiger partial charge in [-0.15, -0.1) is 0 Å². The Morgan fingerprint density at radius 3 is 2.67 bits per heavy atom. The van der Waals surface area contributed by atoms with Gasteiger partial charge in [-0.3, -0.25) is 9.59 Å². The first-order chi connectivity index (χ1) is 12.9. The fourth-order valence-corrected chi connectivity index (χ4v) is 3.68. The lowest BCUT2D eigenvalue weighted by molar-refractivity contribution is -0.143. The van der Waals surface area contributed by atoms with Crippen molar-refractivity contribution in [3.8, 4) is 0 Å². The third kappa shape index (κ3) is 3.89. The van der Waals surface area contributed by atoms with E-state index in [1.54, 1.807) is 22.8 Å². The average Bonchev–Trinajstić information content (AvgIpc) is 3.12. The minimum Gasteiger partial charge on any atom is -0.348 e. The Labute approximate surface area is 159 Å². The van der Waals surface area contributed by atoms with Gasteiger partial charge in [-0.2, -0.15) is 0 Å². The lowest BCUT2D eigenvalue weighted by atomic mass is 9.99. The topological polar surface area (TPSA) is 45.6 Å². The van der Waals surface area contributed by atoms with Crippen LogP contribution in [0.5, 0.6) is 0 Å². The second-order valence-corrected chi connectivity index (χ2v) is 7.14. The molecule has 0 fully saturated rings. The van der Waals surface area contributed by atoms with Gasteiger partial charge >= 0.3 is 0 Å². The highest BCUT2D eigenvalue weighted by molar-refractivity contribution is 5.85. The molecular formula is C21H26FN3O2. The molecule has 144 valence electrons. The largest absolute Gasteiger partial charge is 0.348 e. The van der Waals surface area contributed by atoms with Crippen LogP contribution in [0.15, 0.2) is 42.6 Å². The smallest absolute Gasteiger partial charge is 0.243 e. The summed E-state index contributed by atoms with van der Waals surface area (Å²) in [5, 5.41) is 0. The van der Waals surface area contributed by atoms with Crippen LogP contribution in [0, 0.1) is 5.82 Å². The number of hydrogen-bond acceptors (Lipinski definition) is 2. The summed E-state index contributed by atoms with van der Waals surface area (Å²) in [6.07, 6.45) is 2.34. The number of nitrogens with zero attached hydrogens (tertiary/aromatic N) is 3. The Hall–Kier alpha value is -2.63. The number of hydrogen-bond donors (Lipinski definition) is 0. The van der Waals surface area contributed by atoms with Gasteiger partial charge in [-0.05, 0) is 43.7 Å². The predicted molar refractivity (Wildman–Crippen MR) is 102 cm³/mol. The highest BCUT2D eigenvalue weighted by atomic mass is 19.1. The van der Waals surface area contributed by atoms with E-state index in [9.17, 15) is 14.0 Å². The van der Waals surface area contributed by atoms with Crippen LogP contribution in [0.2, 0.25) is 0 Å². The van der Waals surface area contributed by atoms with Crippen molar-refractivity contribution in [3.05, 3.63) is 59.7 Å². The van der Waals surface area contributed by atoms with E-state index in [0.29, 0.717) is 19.5 Å². The number of carbonyl (C=O) groups is 2. The Balaban J connectivity index is 1.93. The quantitative estimate of drug-likeness (QED) is 0.810. The highest BCUT2D eigenvalue weighted by Gasteiger charge is 2.33. The number of carbonyl (C=O) groups excluding carboxylic acids is 2. The van der Waals surface area contributed by atoms with Crippen molar-refractivity contribution in [1.82, 2.24) is 14.4 Å². The van der Waals surface area contributed by atoms with Crippen LogP contribution < -0.4 is 0 Å². The first-order valence-electron chi connectivity index (χ1n) is 9.41. The zero-order valence-electron chi connectivity index (χ0n) is 16.1. The summed E-state index contributed by atoms with van der Waals surface area (Å²) in [5.41, 5.74) is 1.69. The molecule has 3 rings (SSSR count). The lowest BCUT2D eigenvalue weighted by Gasteiger charge is -2.39. The summed E-state index contributed by atoms with van der Waals surface area (Å²) in [6.45, 7) is 6.86. The molecule has 1 atom stereocenters. The third-order valence-corrected chi connectivity index (χ3v) is 5.07. The van der Waals surface area contributed by atoms with E-state index in [4.69, 9.17) is 0 Å². The van der Waals surface area contributed by atoms with Gasteiger partial charge in [-0.25, -0.2) is 4.39 Å². The number of rotatable bonds is 5. The van der Waals surface area contributed by atoms with Crippen LogP contribution in [-0.2, 0) is 16.1 Å². The lowest BCUT2D eigenvalue weighted by Crippen LogP contribution is -2.49. The van der Waals surface area contributed by atoms with Gasteiger partial charge < -0.3 is 14.4 Å². The summed E-state index contributed by atoms with van der Waals surface area (Å²) in [5.74, 6) is -0.484. The Kier molecular flexibility index (Phi) is 5.63. The fourth-order valence-electron chi connectivity index (χ4n) is 3.68. The minimum atomic E-state index is -0.359. The normalized spacial score (nSPS) is 16.3. The van der Waals surface area contributed by atoms with Crippen LogP contribution in [-0.4, -0.2) is 45.3 Å². The number of benzene rings is 1. The maximum atomic E-state index is 13.9. The van der Waals surface area contributed by atoms with Crippen molar-refractivity contribution in [2.24, 2.45) is 0 Å². The van der Waals surface area contributed by atoms with E-state index in [1.807, 2.05) is 38.2 Å². The van der Waals surface area contributed by atoms with E-state index >= 15 is 0 Å². The zero-order chi connectivity index (χ0) is 19.6. The standard InChI is InChI=1S/C21H26FN3O2/c1-4-19(26)25(15(2)3)14-20(27)24-12-11-23-10-6-9-18(23)21(24)16-7-5-8-17(22)13-16/h5-10,13,15,21H,4,11-12,14H2,1-3H3. The Bertz CT molecular complexity index is 830.